The SMILES string of the molecule is CCc1ccc(Nc2cc(N3CCN(c4ccccn4)CC3)ncn2)cc1. The van der Waals surface area contributed by atoms with E-state index < -0.39 is 0 Å². The summed E-state index contributed by atoms with van der Waals surface area (Å²) in [6.07, 6.45) is 4.52. The summed E-state index contributed by atoms with van der Waals surface area (Å²) >= 11 is 0. The Kier molecular flexibility index (Phi) is 5.14. The molecule has 3 heterocycles. The highest BCUT2D eigenvalue weighted by atomic mass is 15.3. The van der Waals surface area contributed by atoms with Crippen molar-refractivity contribution in [3.63, 3.8) is 0 Å². The van der Waals surface area contributed by atoms with Crippen molar-refractivity contribution in [1.82, 2.24) is 15.0 Å². The van der Waals surface area contributed by atoms with Gasteiger partial charge >= 0.3 is 0 Å². The quantitative estimate of drug-likeness (QED) is 0.751. The largest absolute Gasteiger partial charge is 0.353 e. The Bertz CT molecular complexity index is 857. The third-order valence-electron chi connectivity index (χ3n) is 4.86. The van der Waals surface area contributed by atoms with Crippen molar-refractivity contribution in [2.75, 3.05) is 41.3 Å². The van der Waals surface area contributed by atoms with Crippen LogP contribution in [0.2, 0.25) is 0 Å². The molecule has 1 saturated heterocycles. The molecule has 0 unspecified atom stereocenters. The molecule has 1 N–H and O–H groups in total. The number of nitrogens with zero attached hydrogens (tertiary/aromatic N) is 5. The van der Waals surface area contributed by atoms with Gasteiger partial charge in [0.1, 0.15) is 23.8 Å². The summed E-state index contributed by atoms with van der Waals surface area (Å²) < 4.78 is 0. The maximum absolute atomic E-state index is 4.47. The molecule has 6 nitrogen and oxygen atoms in total. The van der Waals surface area contributed by atoms with Crippen LogP contribution in [0.25, 0.3) is 0 Å². The first kappa shape index (κ1) is 17.3. The lowest BCUT2D eigenvalue weighted by molar-refractivity contribution is 0.641. The predicted molar refractivity (Wildman–Crippen MR) is 110 cm³/mol. The molecule has 0 amide bonds. The van der Waals surface area contributed by atoms with E-state index in [-0.39, 0.29) is 0 Å². The van der Waals surface area contributed by atoms with Gasteiger partial charge in [-0.05, 0) is 36.2 Å². The van der Waals surface area contributed by atoms with Crippen LogP contribution in [0, 0.1) is 0 Å². The van der Waals surface area contributed by atoms with Gasteiger partial charge in [0.05, 0.1) is 0 Å². The molecule has 3 aromatic rings. The fourth-order valence-electron chi connectivity index (χ4n) is 3.27. The Morgan fingerprint density at radius 2 is 1.59 bits per heavy atom. The topological polar surface area (TPSA) is 57.2 Å². The molecule has 6 heteroatoms. The summed E-state index contributed by atoms with van der Waals surface area (Å²) in [4.78, 5) is 17.9. The van der Waals surface area contributed by atoms with Crippen molar-refractivity contribution in [2.45, 2.75) is 13.3 Å². The Morgan fingerprint density at radius 3 is 2.26 bits per heavy atom. The Morgan fingerprint density at radius 1 is 0.852 bits per heavy atom. The molecule has 0 spiro atoms. The maximum Gasteiger partial charge on any atom is 0.135 e. The molecule has 0 saturated carbocycles. The smallest absolute Gasteiger partial charge is 0.135 e. The highest BCUT2D eigenvalue weighted by Crippen LogP contribution is 2.21. The van der Waals surface area contributed by atoms with Crippen molar-refractivity contribution in [3.05, 3.63) is 66.6 Å². The van der Waals surface area contributed by atoms with E-state index >= 15 is 0 Å². The Labute approximate surface area is 159 Å². The van der Waals surface area contributed by atoms with Gasteiger partial charge in [-0.3, -0.25) is 0 Å². The maximum atomic E-state index is 4.47. The number of aromatic nitrogens is 3. The van der Waals surface area contributed by atoms with Crippen LogP contribution in [-0.2, 0) is 6.42 Å². The number of rotatable bonds is 5. The predicted octanol–water partition coefficient (Wildman–Crippen LogP) is 3.50. The van der Waals surface area contributed by atoms with Gasteiger partial charge in [0.2, 0.25) is 0 Å². The first-order chi connectivity index (χ1) is 13.3. The van der Waals surface area contributed by atoms with E-state index in [4.69, 9.17) is 0 Å². The van der Waals surface area contributed by atoms with E-state index in [2.05, 4.69) is 67.3 Å². The standard InChI is InChI=1S/C21H24N6/c1-2-17-6-8-18(9-7-17)25-19-15-21(24-16-23-19)27-13-11-26(12-14-27)20-5-3-4-10-22-20/h3-10,15-16H,2,11-14H2,1H3,(H,23,24,25). The normalized spacial score (nSPS) is 14.3. The van der Waals surface area contributed by atoms with E-state index in [0.717, 1.165) is 55.7 Å². The lowest BCUT2D eigenvalue weighted by Crippen LogP contribution is -2.47. The molecule has 4 rings (SSSR count). The minimum Gasteiger partial charge on any atom is -0.353 e. The second kappa shape index (κ2) is 8.03. The minimum absolute atomic E-state index is 0.816. The molecule has 138 valence electrons. The van der Waals surface area contributed by atoms with Gasteiger partial charge in [0.15, 0.2) is 0 Å². The van der Waals surface area contributed by atoms with Crippen LogP contribution in [0.5, 0.6) is 0 Å². The summed E-state index contributed by atoms with van der Waals surface area (Å²) in [5, 5.41) is 3.37. The summed E-state index contributed by atoms with van der Waals surface area (Å²) in [5.41, 5.74) is 2.37. The second-order valence-electron chi connectivity index (χ2n) is 6.60. The Balaban J connectivity index is 1.40. The van der Waals surface area contributed by atoms with E-state index in [1.807, 2.05) is 24.4 Å². The summed E-state index contributed by atoms with van der Waals surface area (Å²) in [5.74, 6) is 2.81. The number of hydrogen-bond donors (Lipinski definition) is 1. The lowest BCUT2D eigenvalue weighted by Gasteiger charge is -2.36. The van der Waals surface area contributed by atoms with Crippen molar-refractivity contribution in [1.29, 1.82) is 0 Å². The van der Waals surface area contributed by atoms with Gasteiger partial charge < -0.3 is 15.1 Å². The van der Waals surface area contributed by atoms with Crippen LogP contribution >= 0.6 is 0 Å². The summed E-state index contributed by atoms with van der Waals surface area (Å²) in [6, 6.07) is 16.5. The highest BCUT2D eigenvalue weighted by molar-refractivity contribution is 5.60. The van der Waals surface area contributed by atoms with Crippen molar-refractivity contribution in [3.8, 4) is 0 Å². The lowest BCUT2D eigenvalue weighted by atomic mass is 10.1. The van der Waals surface area contributed by atoms with Gasteiger partial charge in [0, 0.05) is 44.1 Å². The first-order valence-corrected chi connectivity index (χ1v) is 9.41. The molecule has 1 aromatic carbocycles. The zero-order valence-corrected chi connectivity index (χ0v) is 15.5. The first-order valence-electron chi connectivity index (χ1n) is 9.41. The van der Waals surface area contributed by atoms with Crippen molar-refractivity contribution >= 4 is 23.1 Å². The molecule has 1 aliphatic rings. The number of hydrogen-bond acceptors (Lipinski definition) is 6. The molecular weight excluding hydrogens is 336 g/mol. The molecule has 0 radical (unpaired) electrons. The van der Waals surface area contributed by atoms with Gasteiger partial charge in [0.25, 0.3) is 0 Å². The zero-order valence-electron chi connectivity index (χ0n) is 15.5. The van der Waals surface area contributed by atoms with E-state index in [0.29, 0.717) is 0 Å². The van der Waals surface area contributed by atoms with Gasteiger partial charge in [-0.25, -0.2) is 15.0 Å². The molecular formula is C21H24N6. The monoisotopic (exact) mass is 360 g/mol. The van der Waals surface area contributed by atoms with Gasteiger partial charge in [-0.2, -0.15) is 0 Å². The van der Waals surface area contributed by atoms with Crippen LogP contribution < -0.4 is 15.1 Å². The zero-order chi connectivity index (χ0) is 18.5. The fraction of sp³-hybridized carbons (Fsp3) is 0.286. The highest BCUT2D eigenvalue weighted by Gasteiger charge is 2.19. The van der Waals surface area contributed by atoms with Crippen LogP contribution in [-0.4, -0.2) is 41.1 Å². The second-order valence-corrected chi connectivity index (χ2v) is 6.60. The summed E-state index contributed by atoms with van der Waals surface area (Å²) in [7, 11) is 0. The number of piperazine rings is 1. The molecule has 0 aliphatic carbocycles. The van der Waals surface area contributed by atoms with Crippen LogP contribution in [0.15, 0.2) is 61.1 Å². The number of nitrogens with one attached hydrogen (secondary N) is 1. The number of pyridine rings is 1. The molecule has 0 atom stereocenters. The Hall–Kier alpha value is -3.15. The third-order valence-corrected chi connectivity index (χ3v) is 4.86. The van der Waals surface area contributed by atoms with Crippen LogP contribution in [0.3, 0.4) is 0 Å². The number of benzene rings is 1. The fourth-order valence-corrected chi connectivity index (χ4v) is 3.27. The average molecular weight is 360 g/mol. The molecule has 0 bridgehead atoms. The number of aryl methyl sites for hydroxylation is 1. The summed E-state index contributed by atoms with van der Waals surface area (Å²) in [6.45, 7) is 5.85. The van der Waals surface area contributed by atoms with Crippen molar-refractivity contribution in [2.24, 2.45) is 0 Å². The number of anilines is 4. The molecule has 27 heavy (non-hydrogen) atoms. The minimum atomic E-state index is 0.816. The molecule has 1 fully saturated rings. The van der Waals surface area contributed by atoms with Crippen LogP contribution in [0.4, 0.5) is 23.1 Å². The van der Waals surface area contributed by atoms with E-state index in [1.54, 1.807) is 6.33 Å². The average Bonchev–Trinajstić information content (AvgIpc) is 2.75. The van der Waals surface area contributed by atoms with Gasteiger partial charge in [-0.1, -0.05) is 25.1 Å². The molecule has 1 aliphatic heterocycles. The van der Waals surface area contributed by atoms with Crippen LogP contribution in [0.1, 0.15) is 12.5 Å². The van der Waals surface area contributed by atoms with Crippen molar-refractivity contribution < 1.29 is 0 Å². The third kappa shape index (κ3) is 4.16. The van der Waals surface area contributed by atoms with E-state index in [9.17, 15) is 0 Å². The molecule has 2 aromatic heterocycles. The van der Waals surface area contributed by atoms with Gasteiger partial charge in [-0.15, -0.1) is 0 Å². The van der Waals surface area contributed by atoms with E-state index in [1.165, 1.54) is 5.56 Å².